The van der Waals surface area contributed by atoms with Gasteiger partial charge in [-0.05, 0) is 6.92 Å². The normalized spacial score (nSPS) is 11.0. The second-order valence-corrected chi connectivity index (χ2v) is 2.97. The van der Waals surface area contributed by atoms with Gasteiger partial charge >= 0.3 is 0 Å². The summed E-state index contributed by atoms with van der Waals surface area (Å²) < 4.78 is 1.81. The van der Waals surface area contributed by atoms with E-state index in [9.17, 15) is 0 Å². The lowest BCUT2D eigenvalue weighted by molar-refractivity contribution is 0.276. The van der Waals surface area contributed by atoms with E-state index in [1.54, 1.807) is 0 Å². The smallest absolute Gasteiger partial charge is 0.165 e. The summed E-state index contributed by atoms with van der Waals surface area (Å²) in [5, 5.41) is 8.87. The summed E-state index contributed by atoms with van der Waals surface area (Å²) in [4.78, 5) is 12.2. The Balaban J connectivity index is 2.70. The number of aliphatic hydroxyl groups excluding tert-OH is 1. The fourth-order valence-corrected chi connectivity index (χ4v) is 1.43. The van der Waals surface area contributed by atoms with E-state index in [1.165, 1.54) is 6.33 Å². The molecule has 0 atom stereocenters. The second kappa shape index (κ2) is 3.22. The van der Waals surface area contributed by atoms with Crippen LogP contribution < -0.4 is 5.73 Å². The molecule has 2 aromatic heterocycles. The van der Waals surface area contributed by atoms with E-state index in [2.05, 4.69) is 15.0 Å². The van der Waals surface area contributed by atoms with Gasteiger partial charge in [0.05, 0.1) is 6.61 Å². The van der Waals surface area contributed by atoms with Gasteiger partial charge in [-0.3, -0.25) is 0 Å². The first-order valence-corrected chi connectivity index (χ1v) is 4.28. The van der Waals surface area contributed by atoms with Crippen LogP contribution in [-0.4, -0.2) is 31.2 Å². The number of fused-ring (bicyclic) bond motifs is 1. The third-order valence-electron chi connectivity index (χ3n) is 2.07. The maximum absolute atomic E-state index is 8.87. The van der Waals surface area contributed by atoms with Crippen LogP contribution in [0.1, 0.15) is 5.82 Å². The predicted molar refractivity (Wildman–Crippen MR) is 51.6 cm³/mol. The monoisotopic (exact) mass is 193 g/mol. The Morgan fingerprint density at radius 3 is 3.00 bits per heavy atom. The standard InChI is InChI=1S/C8H11N5O/c1-5-12-6-7(9)10-4-11-8(6)13(5)2-3-14/h4,14H,2-3H2,1H3,(H2,9,10,11). The van der Waals surface area contributed by atoms with Crippen molar-refractivity contribution in [2.75, 3.05) is 12.3 Å². The maximum Gasteiger partial charge on any atom is 0.165 e. The van der Waals surface area contributed by atoms with Crippen LogP contribution in [0.5, 0.6) is 0 Å². The summed E-state index contributed by atoms with van der Waals surface area (Å²) >= 11 is 0. The molecular weight excluding hydrogens is 182 g/mol. The van der Waals surface area contributed by atoms with E-state index in [4.69, 9.17) is 10.8 Å². The lowest BCUT2D eigenvalue weighted by Crippen LogP contribution is -2.05. The molecule has 0 spiro atoms. The van der Waals surface area contributed by atoms with Crippen molar-refractivity contribution in [2.45, 2.75) is 13.5 Å². The third kappa shape index (κ3) is 1.20. The lowest BCUT2D eigenvalue weighted by Gasteiger charge is -2.01. The number of hydrogen-bond donors (Lipinski definition) is 2. The van der Waals surface area contributed by atoms with Crippen molar-refractivity contribution in [1.82, 2.24) is 19.5 Å². The molecule has 0 aliphatic rings. The zero-order valence-corrected chi connectivity index (χ0v) is 7.80. The molecule has 14 heavy (non-hydrogen) atoms. The topological polar surface area (TPSA) is 89.9 Å². The highest BCUT2D eigenvalue weighted by Gasteiger charge is 2.10. The molecule has 0 aliphatic heterocycles. The molecule has 0 aliphatic carbocycles. The van der Waals surface area contributed by atoms with Crippen LogP contribution in [-0.2, 0) is 6.54 Å². The SMILES string of the molecule is Cc1nc2c(N)ncnc2n1CCO. The highest BCUT2D eigenvalue weighted by molar-refractivity contribution is 5.81. The van der Waals surface area contributed by atoms with Gasteiger partial charge in [0.1, 0.15) is 12.2 Å². The van der Waals surface area contributed by atoms with Gasteiger partial charge in [0.25, 0.3) is 0 Å². The summed E-state index contributed by atoms with van der Waals surface area (Å²) in [6.07, 6.45) is 1.40. The molecule has 0 amide bonds. The molecule has 2 heterocycles. The van der Waals surface area contributed by atoms with Crippen molar-refractivity contribution in [3.63, 3.8) is 0 Å². The van der Waals surface area contributed by atoms with Gasteiger partial charge in [-0.25, -0.2) is 15.0 Å². The molecule has 0 fully saturated rings. The summed E-state index contributed by atoms with van der Waals surface area (Å²) in [5.41, 5.74) is 6.91. The fraction of sp³-hybridized carbons (Fsp3) is 0.375. The minimum atomic E-state index is 0.0518. The van der Waals surface area contributed by atoms with E-state index in [0.717, 1.165) is 5.82 Å². The Kier molecular flexibility index (Phi) is 2.05. The average Bonchev–Trinajstić information content (AvgIpc) is 2.47. The minimum Gasteiger partial charge on any atom is -0.395 e. The van der Waals surface area contributed by atoms with Crippen LogP contribution in [0.4, 0.5) is 5.82 Å². The average molecular weight is 193 g/mol. The number of aryl methyl sites for hydroxylation is 1. The summed E-state index contributed by atoms with van der Waals surface area (Å²) in [7, 11) is 0. The summed E-state index contributed by atoms with van der Waals surface area (Å²) in [5.74, 6) is 1.15. The van der Waals surface area contributed by atoms with Crippen LogP contribution in [0.3, 0.4) is 0 Å². The molecule has 2 rings (SSSR count). The Morgan fingerprint density at radius 2 is 2.29 bits per heavy atom. The summed E-state index contributed by atoms with van der Waals surface area (Å²) in [6, 6.07) is 0. The number of anilines is 1. The van der Waals surface area contributed by atoms with E-state index in [1.807, 2.05) is 11.5 Å². The number of rotatable bonds is 2. The summed E-state index contributed by atoms with van der Waals surface area (Å²) in [6.45, 7) is 2.37. The number of aliphatic hydroxyl groups is 1. The molecule has 2 aromatic rings. The van der Waals surface area contributed by atoms with E-state index in [0.29, 0.717) is 23.5 Å². The lowest BCUT2D eigenvalue weighted by atomic mass is 10.5. The Bertz CT molecular complexity index is 464. The molecule has 0 unspecified atom stereocenters. The Hall–Kier alpha value is -1.69. The van der Waals surface area contributed by atoms with Crippen LogP contribution in [0.25, 0.3) is 11.2 Å². The molecule has 0 saturated carbocycles. The molecule has 0 aromatic carbocycles. The number of imidazole rings is 1. The van der Waals surface area contributed by atoms with Gasteiger partial charge in [0, 0.05) is 6.54 Å². The minimum absolute atomic E-state index is 0.0518. The Morgan fingerprint density at radius 1 is 1.50 bits per heavy atom. The molecule has 3 N–H and O–H groups in total. The highest BCUT2D eigenvalue weighted by Crippen LogP contribution is 2.16. The first-order chi connectivity index (χ1) is 6.74. The number of aromatic nitrogens is 4. The largest absolute Gasteiger partial charge is 0.395 e. The van der Waals surface area contributed by atoms with Gasteiger partial charge in [-0.2, -0.15) is 0 Å². The Labute approximate surface area is 80.4 Å². The van der Waals surface area contributed by atoms with E-state index >= 15 is 0 Å². The van der Waals surface area contributed by atoms with E-state index in [-0.39, 0.29) is 6.61 Å². The number of nitrogens with zero attached hydrogens (tertiary/aromatic N) is 4. The van der Waals surface area contributed by atoms with Crippen LogP contribution in [0.2, 0.25) is 0 Å². The van der Waals surface area contributed by atoms with Gasteiger partial charge < -0.3 is 15.4 Å². The number of nitrogens with two attached hydrogens (primary N) is 1. The molecule has 0 saturated heterocycles. The maximum atomic E-state index is 8.87. The van der Waals surface area contributed by atoms with Gasteiger partial charge in [-0.1, -0.05) is 0 Å². The third-order valence-corrected chi connectivity index (χ3v) is 2.07. The molecule has 6 nitrogen and oxygen atoms in total. The van der Waals surface area contributed by atoms with E-state index < -0.39 is 0 Å². The van der Waals surface area contributed by atoms with Crippen LogP contribution in [0.15, 0.2) is 6.33 Å². The van der Waals surface area contributed by atoms with Crippen molar-refractivity contribution in [3.8, 4) is 0 Å². The van der Waals surface area contributed by atoms with Crippen LogP contribution in [0, 0.1) is 6.92 Å². The number of nitrogen functional groups attached to an aromatic ring is 1. The second-order valence-electron chi connectivity index (χ2n) is 2.97. The quantitative estimate of drug-likeness (QED) is 0.684. The molecule has 74 valence electrons. The van der Waals surface area contributed by atoms with Crippen molar-refractivity contribution >= 4 is 17.0 Å². The number of hydrogen-bond acceptors (Lipinski definition) is 5. The zero-order chi connectivity index (χ0) is 10.1. The molecular formula is C8H11N5O. The first kappa shape index (κ1) is 8.89. The molecule has 6 heteroatoms. The highest BCUT2D eigenvalue weighted by atomic mass is 16.3. The molecule has 0 bridgehead atoms. The van der Waals surface area contributed by atoms with Crippen molar-refractivity contribution in [3.05, 3.63) is 12.2 Å². The van der Waals surface area contributed by atoms with Gasteiger partial charge in [0.2, 0.25) is 0 Å². The van der Waals surface area contributed by atoms with Gasteiger partial charge in [0.15, 0.2) is 17.0 Å². The van der Waals surface area contributed by atoms with Crippen molar-refractivity contribution < 1.29 is 5.11 Å². The zero-order valence-electron chi connectivity index (χ0n) is 7.80. The molecule has 0 radical (unpaired) electrons. The van der Waals surface area contributed by atoms with Crippen LogP contribution >= 0.6 is 0 Å². The van der Waals surface area contributed by atoms with Crippen molar-refractivity contribution in [2.24, 2.45) is 0 Å². The predicted octanol–water partition coefficient (Wildman–Crippen LogP) is -0.291. The fourth-order valence-electron chi connectivity index (χ4n) is 1.43. The first-order valence-electron chi connectivity index (χ1n) is 4.28. The van der Waals surface area contributed by atoms with Gasteiger partial charge in [-0.15, -0.1) is 0 Å². The van der Waals surface area contributed by atoms with Crippen molar-refractivity contribution in [1.29, 1.82) is 0 Å².